The fourth-order valence-corrected chi connectivity index (χ4v) is 0.879. The molecule has 4 nitrogen and oxygen atoms in total. The molecule has 0 fully saturated rings. The summed E-state index contributed by atoms with van der Waals surface area (Å²) in [6.45, 7) is 1.20. The van der Waals surface area contributed by atoms with E-state index in [1.165, 1.54) is 25.1 Å². The molecule has 0 heterocycles. The Labute approximate surface area is 97.0 Å². The molecule has 14 heavy (non-hydrogen) atoms. The van der Waals surface area contributed by atoms with Crippen LogP contribution in [0.3, 0.4) is 0 Å². The number of carboxylic acids is 1. The minimum atomic E-state index is -1.36. The second kappa shape index (κ2) is 5.61. The van der Waals surface area contributed by atoms with Crippen molar-refractivity contribution >= 4 is 35.0 Å². The van der Waals surface area contributed by atoms with Gasteiger partial charge in [-0.05, 0) is 12.1 Å². The summed E-state index contributed by atoms with van der Waals surface area (Å²) < 4.78 is 4.65. The molecule has 0 aliphatic carbocycles. The zero-order valence-electron chi connectivity index (χ0n) is 7.65. The van der Waals surface area contributed by atoms with Crippen LogP contribution in [-0.4, -0.2) is 35.0 Å². The van der Waals surface area contributed by atoms with E-state index in [1.807, 2.05) is 0 Å². The second-order valence-corrected chi connectivity index (χ2v) is 2.38. The Bertz CT molecular complexity index is 348. The van der Waals surface area contributed by atoms with Crippen molar-refractivity contribution in [3.05, 3.63) is 29.8 Å². The van der Waals surface area contributed by atoms with Gasteiger partial charge in [-0.3, -0.25) is 4.79 Å². The number of hydrogen-bond donors (Lipinski definition) is 0. The number of rotatable bonds is 2. The van der Waals surface area contributed by atoms with Gasteiger partial charge in [0.05, 0.1) is 5.97 Å². The summed E-state index contributed by atoms with van der Waals surface area (Å²) >= 11 is 0. The summed E-state index contributed by atoms with van der Waals surface area (Å²) in [6.07, 6.45) is 0. The molecule has 0 saturated heterocycles. The van der Waals surface area contributed by atoms with Crippen molar-refractivity contribution in [2.45, 2.75) is 6.92 Å². The Kier molecular flexibility index (Phi) is 5.18. The van der Waals surface area contributed by atoms with Crippen LogP contribution in [0.2, 0.25) is 0 Å². The van der Waals surface area contributed by atoms with Crippen LogP contribution < -0.4 is 9.84 Å². The number of esters is 1. The Morgan fingerprint density at radius 2 is 1.86 bits per heavy atom. The monoisotopic (exact) mass is 203 g/mol. The smallest absolute Gasteiger partial charge is 0.545 e. The zero-order valence-corrected chi connectivity index (χ0v) is 9.06. The van der Waals surface area contributed by atoms with E-state index >= 15 is 0 Å². The minimum absolute atomic E-state index is 0. The van der Waals surface area contributed by atoms with E-state index in [-0.39, 0.29) is 34.4 Å². The topological polar surface area (TPSA) is 66.4 Å². The predicted molar refractivity (Wildman–Crippen MR) is 47.8 cm³/mol. The molecule has 1 rings (SSSR count). The summed E-state index contributed by atoms with van der Waals surface area (Å²) in [6, 6.07) is 5.81. The Morgan fingerprint density at radius 1 is 1.29 bits per heavy atom. The summed E-state index contributed by atoms with van der Waals surface area (Å²) in [5.41, 5.74) is -0.127. The van der Waals surface area contributed by atoms with Gasteiger partial charge < -0.3 is 14.6 Å². The largest absolute Gasteiger partial charge is 2.00 e. The number of carbonyl (C=O) groups excluding carboxylic acids is 2. The molecular formula is C9H7MgO4+. The number of carboxylic acid groups (broad SMARTS) is 1. The SMILES string of the molecule is CC(=O)Oc1ccccc1C(=O)[O-].[Mg+2]. The maximum atomic E-state index is 10.6. The molecule has 5 heteroatoms. The molecular weight excluding hydrogens is 196 g/mol. The normalized spacial score (nSPS) is 8.64. The molecule has 0 atom stereocenters. The average molecular weight is 203 g/mol. The third kappa shape index (κ3) is 3.35. The van der Waals surface area contributed by atoms with Crippen LogP contribution >= 0.6 is 0 Å². The van der Waals surface area contributed by atoms with Gasteiger partial charge in [0.15, 0.2) is 0 Å². The van der Waals surface area contributed by atoms with Crippen LogP contribution in [0.1, 0.15) is 17.3 Å². The van der Waals surface area contributed by atoms with Crippen molar-refractivity contribution in [1.82, 2.24) is 0 Å². The molecule has 1 aromatic carbocycles. The molecule has 1 aromatic rings. The first-order valence-corrected chi connectivity index (χ1v) is 3.60. The van der Waals surface area contributed by atoms with E-state index < -0.39 is 11.9 Å². The maximum absolute atomic E-state index is 10.6. The number of hydrogen-bond acceptors (Lipinski definition) is 4. The third-order valence-electron chi connectivity index (χ3n) is 1.36. The summed E-state index contributed by atoms with van der Waals surface area (Å²) in [4.78, 5) is 21.1. The summed E-state index contributed by atoms with van der Waals surface area (Å²) in [5.74, 6) is -1.92. The molecule has 68 valence electrons. The van der Waals surface area contributed by atoms with Crippen molar-refractivity contribution < 1.29 is 19.4 Å². The van der Waals surface area contributed by atoms with Crippen LogP contribution in [0.25, 0.3) is 0 Å². The summed E-state index contributed by atoms with van der Waals surface area (Å²) in [7, 11) is 0. The van der Waals surface area contributed by atoms with Crippen molar-refractivity contribution in [3.8, 4) is 5.75 Å². The van der Waals surface area contributed by atoms with Crippen LogP contribution in [0.4, 0.5) is 0 Å². The average Bonchev–Trinajstić information content (AvgIpc) is 2.03. The van der Waals surface area contributed by atoms with Gasteiger partial charge in [0.2, 0.25) is 0 Å². The Balaban J connectivity index is 0.00000169. The van der Waals surface area contributed by atoms with Gasteiger partial charge >= 0.3 is 29.0 Å². The van der Waals surface area contributed by atoms with Gasteiger partial charge in [-0.2, -0.15) is 0 Å². The Morgan fingerprint density at radius 3 is 2.36 bits per heavy atom. The molecule has 0 radical (unpaired) electrons. The van der Waals surface area contributed by atoms with Gasteiger partial charge in [0.25, 0.3) is 0 Å². The fraction of sp³-hybridized carbons (Fsp3) is 0.111. The van der Waals surface area contributed by atoms with Gasteiger partial charge in [-0.1, -0.05) is 12.1 Å². The van der Waals surface area contributed by atoms with Crippen molar-refractivity contribution in [1.29, 1.82) is 0 Å². The molecule has 0 bridgehead atoms. The predicted octanol–water partition coefficient (Wildman–Crippen LogP) is -0.405. The van der Waals surface area contributed by atoms with Gasteiger partial charge in [0, 0.05) is 12.5 Å². The van der Waals surface area contributed by atoms with Crippen LogP contribution in [0, 0.1) is 0 Å². The quantitative estimate of drug-likeness (QED) is 0.372. The summed E-state index contributed by atoms with van der Waals surface area (Å²) in [5, 5.41) is 10.5. The van der Waals surface area contributed by atoms with E-state index in [4.69, 9.17) is 0 Å². The molecule has 0 spiro atoms. The number of para-hydroxylation sites is 1. The number of aromatic carboxylic acids is 1. The first kappa shape index (κ1) is 12.9. The van der Waals surface area contributed by atoms with E-state index in [1.54, 1.807) is 6.07 Å². The van der Waals surface area contributed by atoms with E-state index in [9.17, 15) is 14.7 Å². The minimum Gasteiger partial charge on any atom is -0.545 e. The van der Waals surface area contributed by atoms with Gasteiger partial charge in [0.1, 0.15) is 5.75 Å². The standard InChI is InChI=1S/C9H8O4.Mg/c1-6(10)13-8-5-3-2-4-7(8)9(11)12;/h2-5H,1H3,(H,11,12);/q;+2/p-1. The van der Waals surface area contributed by atoms with E-state index in [0.717, 1.165) is 0 Å². The zero-order chi connectivity index (χ0) is 9.84. The van der Waals surface area contributed by atoms with Crippen molar-refractivity contribution in [2.75, 3.05) is 0 Å². The fourth-order valence-electron chi connectivity index (χ4n) is 0.879. The number of carbonyl (C=O) groups is 2. The molecule has 0 aliphatic heterocycles. The molecule has 0 N–H and O–H groups in total. The third-order valence-corrected chi connectivity index (χ3v) is 1.36. The van der Waals surface area contributed by atoms with Gasteiger partial charge in [-0.25, -0.2) is 0 Å². The number of benzene rings is 1. The van der Waals surface area contributed by atoms with Crippen LogP contribution in [0.5, 0.6) is 5.75 Å². The first-order chi connectivity index (χ1) is 6.11. The van der Waals surface area contributed by atoms with Crippen LogP contribution in [0.15, 0.2) is 24.3 Å². The van der Waals surface area contributed by atoms with E-state index in [2.05, 4.69) is 4.74 Å². The second-order valence-electron chi connectivity index (χ2n) is 2.38. The van der Waals surface area contributed by atoms with Crippen molar-refractivity contribution in [2.24, 2.45) is 0 Å². The molecule has 0 amide bonds. The molecule has 0 saturated carbocycles. The molecule has 0 unspecified atom stereocenters. The van der Waals surface area contributed by atoms with Crippen LogP contribution in [-0.2, 0) is 4.79 Å². The Hall–Kier alpha value is -1.07. The maximum Gasteiger partial charge on any atom is 2.00 e. The number of ether oxygens (including phenoxy) is 1. The van der Waals surface area contributed by atoms with Gasteiger partial charge in [-0.15, -0.1) is 0 Å². The van der Waals surface area contributed by atoms with Crippen molar-refractivity contribution in [3.63, 3.8) is 0 Å². The molecule has 0 aromatic heterocycles. The van der Waals surface area contributed by atoms with E-state index in [0.29, 0.717) is 0 Å². The first-order valence-electron chi connectivity index (χ1n) is 3.60. The molecule has 0 aliphatic rings.